The molecule has 0 spiro atoms. The number of aromatic hydroxyl groups is 1. The highest BCUT2D eigenvalue weighted by Crippen LogP contribution is 2.36. The van der Waals surface area contributed by atoms with Crippen LogP contribution in [-0.2, 0) is 16.1 Å². The molecule has 0 aliphatic carbocycles. The van der Waals surface area contributed by atoms with Crippen LogP contribution in [0.3, 0.4) is 0 Å². The van der Waals surface area contributed by atoms with Gasteiger partial charge in [-0.1, -0.05) is 23.2 Å². The van der Waals surface area contributed by atoms with E-state index in [9.17, 15) is 19.5 Å². The van der Waals surface area contributed by atoms with Gasteiger partial charge in [-0.2, -0.15) is 0 Å². The number of nitrogens with zero attached hydrogens (tertiary/aromatic N) is 4. The molecule has 14 heteroatoms. The highest BCUT2D eigenvalue weighted by atomic mass is 35.5. The molecule has 3 aromatic heterocycles. The number of carbonyl (C=O) groups is 2. The number of benzene rings is 1. The van der Waals surface area contributed by atoms with Gasteiger partial charge >= 0.3 is 0 Å². The zero-order valence-corrected chi connectivity index (χ0v) is 23.0. The van der Waals surface area contributed by atoms with Crippen molar-refractivity contribution in [2.75, 3.05) is 30.0 Å². The van der Waals surface area contributed by atoms with Gasteiger partial charge in [0.15, 0.2) is 0 Å². The van der Waals surface area contributed by atoms with Gasteiger partial charge in [-0.25, -0.2) is 9.97 Å². The summed E-state index contributed by atoms with van der Waals surface area (Å²) in [6, 6.07) is 4.53. The van der Waals surface area contributed by atoms with Gasteiger partial charge in [-0.3, -0.25) is 14.4 Å². The number of nitrogens with two attached hydrogens (primary N) is 1. The lowest BCUT2D eigenvalue weighted by atomic mass is 10.0. The minimum absolute atomic E-state index is 0.103. The van der Waals surface area contributed by atoms with Crippen LogP contribution in [0, 0.1) is 6.92 Å². The lowest BCUT2D eigenvalue weighted by Gasteiger charge is -2.34. The maximum atomic E-state index is 13.2. The molecule has 4 aromatic rings. The van der Waals surface area contributed by atoms with Gasteiger partial charge < -0.3 is 35.3 Å². The van der Waals surface area contributed by atoms with Crippen molar-refractivity contribution in [3.05, 3.63) is 62.4 Å². The van der Waals surface area contributed by atoms with Gasteiger partial charge in [0.25, 0.3) is 11.5 Å². The van der Waals surface area contributed by atoms with Crippen LogP contribution in [0.25, 0.3) is 22.2 Å². The topological polar surface area (TPSA) is 168 Å². The first-order valence-electron chi connectivity index (χ1n) is 12.3. The van der Waals surface area contributed by atoms with Crippen molar-refractivity contribution >= 4 is 57.6 Å². The average Bonchev–Trinajstić information content (AvgIpc) is 3.25. The second-order valence-electron chi connectivity index (χ2n) is 9.43. The highest BCUT2D eigenvalue weighted by Gasteiger charge is 2.23. The Morgan fingerprint density at radius 3 is 2.77 bits per heavy atom. The van der Waals surface area contributed by atoms with Gasteiger partial charge in [-0.05, 0) is 31.5 Å². The van der Waals surface area contributed by atoms with Gasteiger partial charge in [-0.15, -0.1) is 0 Å². The van der Waals surface area contributed by atoms with E-state index in [2.05, 4.69) is 25.2 Å². The SMILES string of the molecule is Cc1nc2c(c(-c3cc(Cl)c(O)c(C(N)=O)c3)cn2CC(=O)Nc2cc(N3CCOC[C@@H]3C)ncc2Cl)c(=O)[nH]1. The Kier molecular flexibility index (Phi) is 7.41. The Morgan fingerprint density at radius 1 is 1.27 bits per heavy atom. The van der Waals surface area contributed by atoms with Crippen molar-refractivity contribution in [2.24, 2.45) is 5.73 Å². The monoisotopic (exact) mass is 585 g/mol. The van der Waals surface area contributed by atoms with Crippen LogP contribution in [0.5, 0.6) is 5.75 Å². The quantitative estimate of drug-likeness (QED) is 0.267. The number of anilines is 2. The van der Waals surface area contributed by atoms with E-state index >= 15 is 0 Å². The fourth-order valence-corrected chi connectivity index (χ4v) is 5.05. The Hall–Kier alpha value is -4.13. The van der Waals surface area contributed by atoms with Crippen LogP contribution in [-0.4, -0.2) is 62.2 Å². The number of ether oxygens (including phenoxy) is 1. The van der Waals surface area contributed by atoms with Gasteiger partial charge in [0.05, 0.1) is 52.1 Å². The number of aromatic amines is 1. The number of fused-ring (bicyclic) bond motifs is 1. The number of aryl methyl sites for hydroxylation is 1. The van der Waals surface area contributed by atoms with Crippen LogP contribution >= 0.6 is 23.2 Å². The number of nitrogens with one attached hydrogen (secondary N) is 2. The van der Waals surface area contributed by atoms with Crippen molar-refractivity contribution in [3.63, 3.8) is 0 Å². The third kappa shape index (κ3) is 5.20. The summed E-state index contributed by atoms with van der Waals surface area (Å²) >= 11 is 12.5. The van der Waals surface area contributed by atoms with Gasteiger partial charge in [0, 0.05) is 24.4 Å². The fraction of sp³-hybridized carbons (Fsp3) is 0.269. The van der Waals surface area contributed by atoms with E-state index in [4.69, 9.17) is 33.7 Å². The van der Waals surface area contributed by atoms with E-state index in [1.807, 2.05) is 6.92 Å². The number of halogens is 2. The Morgan fingerprint density at radius 2 is 2.05 bits per heavy atom. The first kappa shape index (κ1) is 27.4. The van der Waals surface area contributed by atoms with E-state index < -0.39 is 23.1 Å². The lowest BCUT2D eigenvalue weighted by molar-refractivity contribution is -0.116. The zero-order chi connectivity index (χ0) is 28.7. The molecular formula is C26H25Cl2N7O5. The van der Waals surface area contributed by atoms with E-state index in [-0.39, 0.29) is 39.2 Å². The minimum atomic E-state index is -0.896. The number of hydrogen-bond donors (Lipinski definition) is 4. The van der Waals surface area contributed by atoms with Crippen molar-refractivity contribution < 1.29 is 19.4 Å². The maximum Gasteiger partial charge on any atom is 0.261 e. The summed E-state index contributed by atoms with van der Waals surface area (Å²) in [6.07, 6.45) is 3.03. The summed E-state index contributed by atoms with van der Waals surface area (Å²) in [6.45, 7) is 5.20. The van der Waals surface area contributed by atoms with Crippen LogP contribution in [0.4, 0.5) is 11.5 Å². The number of primary amides is 1. The van der Waals surface area contributed by atoms with Crippen LogP contribution < -0.4 is 21.5 Å². The second-order valence-corrected chi connectivity index (χ2v) is 10.2. The van der Waals surface area contributed by atoms with Crippen LogP contribution in [0.15, 0.2) is 35.4 Å². The molecule has 0 bridgehead atoms. The number of morpholine rings is 1. The van der Waals surface area contributed by atoms with E-state index in [0.29, 0.717) is 48.2 Å². The van der Waals surface area contributed by atoms with Crippen LogP contribution in [0.2, 0.25) is 10.0 Å². The standard InChI is InChI=1S/C26H25Cl2N7O5/c1-12-11-40-4-3-35(12)20-7-19(18(28)8-30-20)33-21(36)10-34-9-16(22-25(34)31-13(2)32-26(22)39)14-5-15(24(29)38)23(37)17(27)6-14/h5-9,12,37H,3-4,10-11H2,1-2H3,(H2,29,38)(H,30,33,36)(H,31,32,39)/t12-/m0/s1. The molecule has 5 N–H and O–H groups in total. The predicted octanol–water partition coefficient (Wildman–Crippen LogP) is 3.07. The lowest BCUT2D eigenvalue weighted by Crippen LogP contribution is -2.44. The molecule has 12 nitrogen and oxygen atoms in total. The number of hydrogen-bond acceptors (Lipinski definition) is 8. The van der Waals surface area contributed by atoms with Crippen molar-refractivity contribution in [3.8, 4) is 16.9 Å². The first-order chi connectivity index (χ1) is 19.0. The fourth-order valence-electron chi connectivity index (χ4n) is 4.68. The summed E-state index contributed by atoms with van der Waals surface area (Å²) in [5, 5.41) is 13.3. The molecule has 0 radical (unpaired) electrons. The number of amides is 2. The summed E-state index contributed by atoms with van der Waals surface area (Å²) < 4.78 is 7.00. The molecule has 1 aliphatic rings. The first-order valence-corrected chi connectivity index (χ1v) is 13.0. The smallest absolute Gasteiger partial charge is 0.261 e. The van der Waals surface area contributed by atoms with E-state index in [1.165, 1.54) is 22.9 Å². The van der Waals surface area contributed by atoms with E-state index in [0.717, 1.165) is 0 Å². The number of rotatable bonds is 6. The summed E-state index contributed by atoms with van der Waals surface area (Å²) in [4.78, 5) is 51.6. The second kappa shape index (κ2) is 10.8. The van der Waals surface area contributed by atoms with Gasteiger partial charge in [0.2, 0.25) is 5.91 Å². The summed E-state index contributed by atoms with van der Waals surface area (Å²) in [5.41, 5.74) is 6.01. The molecule has 1 aromatic carbocycles. The molecule has 4 heterocycles. The average molecular weight is 586 g/mol. The highest BCUT2D eigenvalue weighted by molar-refractivity contribution is 6.34. The summed E-state index contributed by atoms with van der Waals surface area (Å²) in [7, 11) is 0. The summed E-state index contributed by atoms with van der Waals surface area (Å²) in [5.74, 6) is -0.801. The molecule has 1 atom stereocenters. The number of phenols is 1. The Balaban J connectivity index is 1.51. The maximum absolute atomic E-state index is 13.2. The Bertz CT molecular complexity index is 1720. The van der Waals surface area contributed by atoms with Crippen molar-refractivity contribution in [1.82, 2.24) is 19.5 Å². The molecule has 40 heavy (non-hydrogen) atoms. The van der Waals surface area contributed by atoms with E-state index in [1.54, 1.807) is 19.2 Å². The van der Waals surface area contributed by atoms with Crippen LogP contribution in [0.1, 0.15) is 23.1 Å². The predicted molar refractivity (Wildman–Crippen MR) is 151 cm³/mol. The van der Waals surface area contributed by atoms with Gasteiger partial charge in [0.1, 0.15) is 29.6 Å². The molecule has 5 rings (SSSR count). The normalized spacial score (nSPS) is 15.4. The number of carbonyl (C=O) groups excluding carboxylic acids is 2. The molecule has 2 amide bonds. The molecule has 0 unspecified atom stereocenters. The molecule has 1 fully saturated rings. The molecule has 1 saturated heterocycles. The third-order valence-corrected chi connectivity index (χ3v) is 7.17. The Labute approximate surface area is 237 Å². The molecular weight excluding hydrogens is 561 g/mol. The van der Waals surface area contributed by atoms with Crippen molar-refractivity contribution in [2.45, 2.75) is 26.4 Å². The third-order valence-electron chi connectivity index (χ3n) is 6.58. The molecule has 1 aliphatic heterocycles. The van der Waals surface area contributed by atoms with Crippen molar-refractivity contribution in [1.29, 1.82) is 0 Å². The largest absolute Gasteiger partial charge is 0.506 e. The molecule has 208 valence electrons. The zero-order valence-electron chi connectivity index (χ0n) is 21.5. The number of pyridine rings is 1. The number of aromatic nitrogens is 4. The number of H-pyrrole nitrogens is 1. The molecule has 0 saturated carbocycles. The minimum Gasteiger partial charge on any atom is -0.506 e.